The predicted molar refractivity (Wildman–Crippen MR) is 79.0 cm³/mol. The summed E-state index contributed by atoms with van der Waals surface area (Å²) in [5.41, 5.74) is 0. The molecule has 1 aliphatic rings. The third-order valence-corrected chi connectivity index (χ3v) is 5.76. The number of hydrogen-bond acceptors (Lipinski definition) is 3. The van der Waals surface area contributed by atoms with Crippen molar-refractivity contribution >= 4 is 38.9 Å². The van der Waals surface area contributed by atoms with Gasteiger partial charge in [0.15, 0.2) is 0 Å². The van der Waals surface area contributed by atoms with Crippen LogP contribution >= 0.6 is 38.9 Å². The summed E-state index contributed by atoms with van der Waals surface area (Å²) in [6, 6.07) is 2.82. The van der Waals surface area contributed by atoms with Crippen molar-refractivity contribution in [2.24, 2.45) is 0 Å². The number of rotatable bonds is 5. The molecule has 0 aliphatic carbocycles. The first-order valence-electron chi connectivity index (χ1n) is 6.09. The summed E-state index contributed by atoms with van der Waals surface area (Å²) in [7, 11) is 0. The monoisotopic (exact) mass is 336 g/mol. The molecule has 1 fully saturated rings. The van der Waals surface area contributed by atoms with Gasteiger partial charge in [-0.1, -0.05) is 18.5 Å². The van der Waals surface area contributed by atoms with E-state index in [1.807, 2.05) is 0 Å². The van der Waals surface area contributed by atoms with Crippen LogP contribution in [0.3, 0.4) is 0 Å². The molecule has 0 radical (unpaired) electrons. The number of thiophene rings is 1. The smallest absolute Gasteiger partial charge is 0.107 e. The quantitative estimate of drug-likeness (QED) is 0.880. The van der Waals surface area contributed by atoms with Gasteiger partial charge >= 0.3 is 0 Å². The highest BCUT2D eigenvalue weighted by Gasteiger charge is 2.22. The first kappa shape index (κ1) is 13.8. The Balaban J connectivity index is 1.75. The third-order valence-electron chi connectivity index (χ3n) is 3.28. The van der Waals surface area contributed by atoms with Crippen LogP contribution in [0, 0.1) is 0 Å². The lowest BCUT2D eigenvalue weighted by Gasteiger charge is -2.22. The number of halogens is 2. The highest BCUT2D eigenvalue weighted by Crippen LogP contribution is 2.31. The molecule has 2 heterocycles. The van der Waals surface area contributed by atoms with Gasteiger partial charge in [0.1, 0.15) is 4.34 Å². The van der Waals surface area contributed by atoms with Crippen molar-refractivity contribution in [3.05, 3.63) is 19.8 Å². The third kappa shape index (κ3) is 3.67. The van der Waals surface area contributed by atoms with Gasteiger partial charge < -0.3 is 5.32 Å². The Kier molecular flexibility index (Phi) is 5.30. The van der Waals surface area contributed by atoms with Crippen LogP contribution in [0.5, 0.6) is 0 Å². The number of nitrogens with one attached hydrogen (secondary N) is 1. The second-order valence-corrected chi connectivity index (χ2v) is 6.98. The summed E-state index contributed by atoms with van der Waals surface area (Å²) in [6.07, 6.45) is 2.67. The van der Waals surface area contributed by atoms with Gasteiger partial charge in [0.25, 0.3) is 0 Å². The van der Waals surface area contributed by atoms with E-state index in [-0.39, 0.29) is 0 Å². The maximum atomic E-state index is 6.02. The summed E-state index contributed by atoms with van der Waals surface area (Å²) in [5.74, 6) is 0. The van der Waals surface area contributed by atoms with E-state index in [0.717, 1.165) is 27.9 Å². The Hall–Kier alpha value is 0.390. The summed E-state index contributed by atoms with van der Waals surface area (Å²) in [5, 5.41) is 3.54. The van der Waals surface area contributed by atoms with E-state index < -0.39 is 0 Å². The molecule has 1 unspecified atom stereocenters. The van der Waals surface area contributed by atoms with Crippen LogP contribution in [0.2, 0.25) is 4.34 Å². The van der Waals surface area contributed by atoms with Crippen molar-refractivity contribution in [2.45, 2.75) is 32.4 Å². The van der Waals surface area contributed by atoms with Crippen molar-refractivity contribution < 1.29 is 0 Å². The summed E-state index contributed by atoms with van der Waals surface area (Å²) in [6.45, 7) is 6.68. The van der Waals surface area contributed by atoms with Crippen LogP contribution in [0.25, 0.3) is 0 Å². The maximum absolute atomic E-state index is 6.02. The van der Waals surface area contributed by atoms with Gasteiger partial charge in [-0.2, -0.15) is 0 Å². The van der Waals surface area contributed by atoms with Crippen LogP contribution in [0.4, 0.5) is 0 Å². The van der Waals surface area contributed by atoms with Gasteiger partial charge in [0, 0.05) is 28.5 Å². The lowest BCUT2D eigenvalue weighted by Crippen LogP contribution is -2.37. The van der Waals surface area contributed by atoms with Gasteiger partial charge in [-0.3, -0.25) is 4.90 Å². The fourth-order valence-corrected chi connectivity index (χ4v) is 4.14. The SMILES string of the molecule is CCN1CCCC1CNCc1cc(Br)c(Cl)s1. The fourth-order valence-electron chi connectivity index (χ4n) is 2.38. The van der Waals surface area contributed by atoms with Crippen LogP contribution in [0.1, 0.15) is 24.6 Å². The minimum atomic E-state index is 0.721. The molecule has 0 spiro atoms. The van der Waals surface area contributed by atoms with E-state index in [1.54, 1.807) is 11.3 Å². The van der Waals surface area contributed by atoms with Crippen molar-refractivity contribution in [3.63, 3.8) is 0 Å². The Labute approximate surface area is 120 Å². The standard InChI is InChI=1S/C12H18BrClN2S/c1-2-16-5-3-4-9(16)7-15-8-10-6-11(13)12(14)17-10/h6,9,15H,2-5,7-8H2,1H3. The van der Waals surface area contributed by atoms with Gasteiger partial charge in [0.05, 0.1) is 0 Å². The average molecular weight is 338 g/mol. The number of nitrogens with zero attached hydrogens (tertiary/aromatic N) is 1. The van der Waals surface area contributed by atoms with Gasteiger partial charge in [-0.05, 0) is 47.9 Å². The normalized spacial score (nSPS) is 21.2. The minimum Gasteiger partial charge on any atom is -0.310 e. The number of hydrogen-bond donors (Lipinski definition) is 1. The van der Waals surface area contributed by atoms with E-state index in [9.17, 15) is 0 Å². The summed E-state index contributed by atoms with van der Waals surface area (Å²) in [4.78, 5) is 3.85. The van der Waals surface area contributed by atoms with Crippen LogP contribution in [-0.4, -0.2) is 30.6 Å². The largest absolute Gasteiger partial charge is 0.310 e. The Morgan fingerprint density at radius 2 is 2.47 bits per heavy atom. The van der Waals surface area contributed by atoms with Crippen LogP contribution < -0.4 is 5.32 Å². The molecule has 1 atom stereocenters. The predicted octanol–water partition coefficient (Wildman–Crippen LogP) is 3.74. The van der Waals surface area contributed by atoms with E-state index >= 15 is 0 Å². The first-order valence-corrected chi connectivity index (χ1v) is 8.08. The molecule has 2 nitrogen and oxygen atoms in total. The molecule has 0 amide bonds. The van der Waals surface area contributed by atoms with Crippen molar-refractivity contribution in [2.75, 3.05) is 19.6 Å². The number of likely N-dealkylation sites (tertiary alicyclic amines) is 1. The van der Waals surface area contributed by atoms with E-state index in [2.05, 4.69) is 39.1 Å². The molecule has 2 rings (SSSR count). The summed E-state index contributed by atoms with van der Waals surface area (Å²) < 4.78 is 1.86. The zero-order valence-corrected chi connectivity index (χ0v) is 13.2. The first-order chi connectivity index (χ1) is 8.20. The molecule has 0 aromatic carbocycles. The van der Waals surface area contributed by atoms with E-state index in [1.165, 1.54) is 30.8 Å². The van der Waals surface area contributed by atoms with Gasteiger partial charge in [-0.25, -0.2) is 0 Å². The van der Waals surface area contributed by atoms with E-state index in [4.69, 9.17) is 11.6 Å². The Bertz CT molecular complexity index is 350. The maximum Gasteiger partial charge on any atom is 0.107 e. The zero-order valence-electron chi connectivity index (χ0n) is 10.0. The highest BCUT2D eigenvalue weighted by molar-refractivity contribution is 9.10. The van der Waals surface area contributed by atoms with Crippen molar-refractivity contribution in [1.29, 1.82) is 0 Å². The average Bonchev–Trinajstić information content (AvgIpc) is 2.87. The van der Waals surface area contributed by atoms with Gasteiger partial charge in [0.2, 0.25) is 0 Å². The minimum absolute atomic E-state index is 0.721. The van der Waals surface area contributed by atoms with Crippen LogP contribution in [0.15, 0.2) is 10.5 Å². The molecule has 17 heavy (non-hydrogen) atoms. The number of likely N-dealkylation sites (N-methyl/N-ethyl adjacent to an activating group) is 1. The fraction of sp³-hybridized carbons (Fsp3) is 0.667. The Morgan fingerprint density at radius 3 is 3.12 bits per heavy atom. The lowest BCUT2D eigenvalue weighted by molar-refractivity contribution is 0.260. The molecule has 0 saturated carbocycles. The molecular weight excluding hydrogens is 320 g/mol. The highest BCUT2D eigenvalue weighted by atomic mass is 79.9. The molecular formula is C12H18BrClN2S. The molecule has 1 N–H and O–H groups in total. The molecule has 1 aromatic rings. The van der Waals surface area contributed by atoms with Crippen molar-refractivity contribution in [3.8, 4) is 0 Å². The van der Waals surface area contributed by atoms with Gasteiger partial charge in [-0.15, -0.1) is 11.3 Å². The molecule has 96 valence electrons. The van der Waals surface area contributed by atoms with E-state index in [0.29, 0.717) is 0 Å². The zero-order chi connectivity index (χ0) is 12.3. The second-order valence-electron chi connectivity index (χ2n) is 4.39. The topological polar surface area (TPSA) is 15.3 Å². The molecule has 0 bridgehead atoms. The molecule has 1 saturated heterocycles. The van der Waals surface area contributed by atoms with Crippen molar-refractivity contribution in [1.82, 2.24) is 10.2 Å². The van der Waals surface area contributed by atoms with Crippen LogP contribution in [-0.2, 0) is 6.54 Å². The molecule has 1 aliphatic heterocycles. The molecule has 5 heteroatoms. The molecule has 1 aromatic heterocycles. The lowest BCUT2D eigenvalue weighted by atomic mass is 10.2. The summed E-state index contributed by atoms with van der Waals surface area (Å²) >= 11 is 11.1. The second kappa shape index (κ2) is 6.53. The Morgan fingerprint density at radius 1 is 1.65 bits per heavy atom.